The van der Waals surface area contributed by atoms with Crippen molar-refractivity contribution in [2.45, 2.75) is 43.7 Å². The Morgan fingerprint density at radius 2 is 2.04 bits per heavy atom. The summed E-state index contributed by atoms with van der Waals surface area (Å²) in [4.78, 5) is 16.4. The molecule has 1 saturated heterocycles. The molecule has 2 aliphatic rings. The van der Waals surface area contributed by atoms with Gasteiger partial charge in [-0.2, -0.15) is 0 Å². The largest absolute Gasteiger partial charge is 0.491 e. The van der Waals surface area contributed by atoms with Crippen LogP contribution in [0.3, 0.4) is 0 Å². The number of β-amino-alcohol motifs (C(OH)–C–C–N with tert-alkyl or cyclic N) is 1. The first kappa shape index (κ1) is 18.1. The number of benzene rings is 1. The van der Waals surface area contributed by atoms with Gasteiger partial charge in [0.15, 0.2) is 0 Å². The van der Waals surface area contributed by atoms with Crippen LogP contribution in [0.25, 0.3) is 0 Å². The fourth-order valence-electron chi connectivity index (χ4n) is 3.72. The Hall–Kier alpha value is -1.66. The van der Waals surface area contributed by atoms with Crippen LogP contribution in [-0.4, -0.2) is 65.7 Å². The second-order valence-electron chi connectivity index (χ2n) is 7.39. The summed E-state index contributed by atoms with van der Waals surface area (Å²) in [6.45, 7) is 1.33. The van der Waals surface area contributed by atoms with Crippen molar-refractivity contribution in [3.8, 4) is 5.75 Å². The van der Waals surface area contributed by atoms with E-state index in [1.165, 1.54) is 49.9 Å². The van der Waals surface area contributed by atoms with E-state index in [-0.39, 0.29) is 24.9 Å². The maximum atomic E-state index is 12.9. The molecule has 1 aromatic rings. The Kier molecular flexibility index (Phi) is 5.59. The third kappa shape index (κ3) is 4.70. The van der Waals surface area contributed by atoms with E-state index in [1.54, 1.807) is 4.90 Å². The highest BCUT2D eigenvalue weighted by Gasteiger charge is 2.39. The zero-order valence-corrected chi connectivity index (χ0v) is 14.8. The summed E-state index contributed by atoms with van der Waals surface area (Å²) in [5.74, 6) is 0.253. The van der Waals surface area contributed by atoms with Crippen LogP contribution in [0.4, 0.5) is 4.39 Å². The van der Waals surface area contributed by atoms with E-state index in [1.807, 2.05) is 7.05 Å². The molecule has 0 aromatic heterocycles. The van der Waals surface area contributed by atoms with Gasteiger partial charge in [-0.15, -0.1) is 0 Å². The van der Waals surface area contributed by atoms with Gasteiger partial charge >= 0.3 is 0 Å². The van der Waals surface area contributed by atoms with Crippen LogP contribution in [0.2, 0.25) is 0 Å². The van der Waals surface area contributed by atoms with Crippen molar-refractivity contribution < 1.29 is 19.0 Å². The van der Waals surface area contributed by atoms with Crippen molar-refractivity contribution in [2.24, 2.45) is 0 Å². The number of amides is 1. The Morgan fingerprint density at radius 3 is 2.72 bits per heavy atom. The zero-order valence-electron chi connectivity index (χ0n) is 14.8. The lowest BCUT2D eigenvalue weighted by atomic mass is 10.1. The molecule has 138 valence electrons. The number of carbonyl (C=O) groups is 1. The van der Waals surface area contributed by atoms with Gasteiger partial charge in [-0.1, -0.05) is 12.8 Å². The summed E-state index contributed by atoms with van der Waals surface area (Å²) in [5.41, 5.74) is -1.05. The normalized spacial score (nSPS) is 24.2. The third-order valence-corrected chi connectivity index (χ3v) is 5.34. The Labute approximate surface area is 148 Å². The molecule has 0 spiro atoms. The van der Waals surface area contributed by atoms with Gasteiger partial charge < -0.3 is 14.7 Å². The molecule has 1 heterocycles. The van der Waals surface area contributed by atoms with E-state index in [2.05, 4.69) is 4.90 Å². The summed E-state index contributed by atoms with van der Waals surface area (Å²) in [6.07, 6.45) is 5.31. The minimum Gasteiger partial charge on any atom is -0.491 e. The van der Waals surface area contributed by atoms with E-state index < -0.39 is 5.60 Å². The van der Waals surface area contributed by atoms with Crippen molar-refractivity contribution in [3.05, 3.63) is 30.1 Å². The van der Waals surface area contributed by atoms with Gasteiger partial charge in [-0.25, -0.2) is 4.39 Å². The lowest BCUT2D eigenvalue weighted by Gasteiger charge is -2.27. The van der Waals surface area contributed by atoms with Gasteiger partial charge in [0.05, 0.1) is 13.1 Å². The van der Waals surface area contributed by atoms with Gasteiger partial charge in [0.1, 0.15) is 23.8 Å². The van der Waals surface area contributed by atoms with Crippen LogP contribution in [0.1, 0.15) is 32.1 Å². The number of hydrogen-bond acceptors (Lipinski definition) is 4. The molecule has 1 N–H and O–H groups in total. The molecule has 1 unspecified atom stereocenters. The van der Waals surface area contributed by atoms with Crippen LogP contribution in [-0.2, 0) is 4.79 Å². The Morgan fingerprint density at radius 1 is 1.36 bits per heavy atom. The molecule has 0 radical (unpaired) electrons. The van der Waals surface area contributed by atoms with Gasteiger partial charge in [-0.3, -0.25) is 9.69 Å². The minimum absolute atomic E-state index is 0.0621. The maximum absolute atomic E-state index is 12.9. The van der Waals surface area contributed by atoms with Crippen molar-refractivity contribution in [1.29, 1.82) is 0 Å². The van der Waals surface area contributed by atoms with E-state index in [0.29, 0.717) is 31.3 Å². The molecule has 1 atom stereocenters. The smallest absolute Gasteiger partial charge is 0.236 e. The molecule has 1 aliphatic carbocycles. The monoisotopic (exact) mass is 350 g/mol. The Bertz CT molecular complexity index is 589. The topological polar surface area (TPSA) is 53.0 Å². The van der Waals surface area contributed by atoms with Crippen molar-refractivity contribution in [3.63, 3.8) is 0 Å². The molecule has 3 rings (SSSR count). The molecular formula is C19H27FN2O3. The molecule has 1 amide bonds. The highest BCUT2D eigenvalue weighted by Crippen LogP contribution is 2.25. The van der Waals surface area contributed by atoms with Gasteiger partial charge in [0, 0.05) is 12.6 Å². The number of ether oxygens (including phenoxy) is 1. The van der Waals surface area contributed by atoms with E-state index in [9.17, 15) is 14.3 Å². The number of rotatable bonds is 6. The van der Waals surface area contributed by atoms with Crippen molar-refractivity contribution in [1.82, 2.24) is 9.80 Å². The first-order valence-corrected chi connectivity index (χ1v) is 9.04. The SMILES string of the molecule is CN(CC(=O)N1CCC(O)(COc2ccc(F)cc2)C1)C1CCCC1. The fraction of sp³-hybridized carbons (Fsp3) is 0.632. The van der Waals surface area contributed by atoms with Gasteiger partial charge in [0.25, 0.3) is 0 Å². The predicted molar refractivity (Wildman–Crippen MR) is 92.9 cm³/mol. The molecule has 0 bridgehead atoms. The predicted octanol–water partition coefficient (Wildman–Crippen LogP) is 2.04. The lowest BCUT2D eigenvalue weighted by Crippen LogP contribution is -2.44. The van der Waals surface area contributed by atoms with Crippen LogP contribution in [0.5, 0.6) is 5.75 Å². The number of hydrogen-bond donors (Lipinski definition) is 1. The summed E-state index contributed by atoms with van der Waals surface area (Å²) in [6, 6.07) is 6.22. The van der Waals surface area contributed by atoms with Crippen molar-refractivity contribution in [2.75, 3.05) is 33.3 Å². The maximum Gasteiger partial charge on any atom is 0.236 e. The summed E-state index contributed by atoms with van der Waals surface area (Å²) >= 11 is 0. The van der Waals surface area contributed by atoms with Crippen molar-refractivity contribution >= 4 is 5.91 Å². The number of halogens is 1. The summed E-state index contributed by atoms with van der Waals surface area (Å²) in [7, 11) is 2.01. The van der Waals surface area contributed by atoms with E-state index in [4.69, 9.17) is 4.74 Å². The third-order valence-electron chi connectivity index (χ3n) is 5.34. The number of nitrogens with zero attached hydrogens (tertiary/aromatic N) is 2. The number of aliphatic hydroxyl groups is 1. The van der Waals surface area contributed by atoms with E-state index in [0.717, 1.165) is 0 Å². The quantitative estimate of drug-likeness (QED) is 0.853. The highest BCUT2D eigenvalue weighted by molar-refractivity contribution is 5.78. The molecule has 5 nitrogen and oxygen atoms in total. The zero-order chi connectivity index (χ0) is 17.9. The average molecular weight is 350 g/mol. The molecular weight excluding hydrogens is 323 g/mol. The lowest BCUT2D eigenvalue weighted by molar-refractivity contribution is -0.132. The molecule has 1 saturated carbocycles. The number of likely N-dealkylation sites (tertiary alicyclic amines) is 1. The second-order valence-corrected chi connectivity index (χ2v) is 7.39. The van der Waals surface area contributed by atoms with Gasteiger partial charge in [-0.05, 0) is 50.6 Å². The summed E-state index contributed by atoms with van der Waals surface area (Å²) < 4.78 is 18.5. The molecule has 6 heteroatoms. The molecule has 1 aliphatic heterocycles. The number of carbonyl (C=O) groups excluding carboxylic acids is 1. The van der Waals surface area contributed by atoms with Crippen LogP contribution in [0.15, 0.2) is 24.3 Å². The first-order valence-electron chi connectivity index (χ1n) is 9.04. The van der Waals surface area contributed by atoms with Crippen LogP contribution < -0.4 is 4.74 Å². The average Bonchev–Trinajstić information content (AvgIpc) is 3.25. The minimum atomic E-state index is -1.05. The van der Waals surface area contributed by atoms with Gasteiger partial charge in [0.2, 0.25) is 5.91 Å². The summed E-state index contributed by atoms with van der Waals surface area (Å²) in [5, 5.41) is 10.7. The molecule has 25 heavy (non-hydrogen) atoms. The Balaban J connectivity index is 1.47. The second kappa shape index (κ2) is 7.70. The molecule has 1 aromatic carbocycles. The fourth-order valence-corrected chi connectivity index (χ4v) is 3.72. The highest BCUT2D eigenvalue weighted by atomic mass is 19.1. The standard InChI is InChI=1S/C19H27FN2O3/c1-21(16-4-2-3-5-16)12-18(23)22-11-10-19(24,13-22)14-25-17-8-6-15(20)7-9-17/h6-9,16,24H,2-5,10-14H2,1H3. The number of likely N-dealkylation sites (N-methyl/N-ethyl adjacent to an activating group) is 1. The van der Waals surface area contributed by atoms with E-state index >= 15 is 0 Å². The van der Waals surface area contributed by atoms with Crippen LogP contribution in [0, 0.1) is 5.82 Å². The molecule has 2 fully saturated rings. The first-order chi connectivity index (χ1) is 12.0. The van der Waals surface area contributed by atoms with Crippen LogP contribution >= 0.6 is 0 Å².